The maximum Gasteiger partial charge on any atom is 0.331 e. The smallest absolute Gasteiger partial charge is 0.331 e. The minimum Gasteiger partial charge on any atom is -0.467 e. The first-order valence-corrected chi connectivity index (χ1v) is 6.25. The van der Waals surface area contributed by atoms with Gasteiger partial charge in [0.2, 0.25) is 5.91 Å². The minimum atomic E-state index is -0.891. The second kappa shape index (κ2) is 7.30. The maximum absolute atomic E-state index is 11.7. The summed E-state index contributed by atoms with van der Waals surface area (Å²) in [6.45, 7) is 7.83. The van der Waals surface area contributed by atoms with E-state index in [0.29, 0.717) is 18.8 Å². The van der Waals surface area contributed by atoms with Crippen molar-refractivity contribution in [1.29, 1.82) is 0 Å². The molecular formula is C13H25NO3. The molecule has 0 aromatic rings. The van der Waals surface area contributed by atoms with E-state index >= 15 is 0 Å². The number of hydrogen-bond donors (Lipinski definition) is 1. The Kier molecular flexibility index (Phi) is 6.85. The zero-order chi connectivity index (χ0) is 13.5. The van der Waals surface area contributed by atoms with Gasteiger partial charge < -0.3 is 10.1 Å². The Morgan fingerprint density at radius 2 is 1.94 bits per heavy atom. The molecule has 1 amide bonds. The molecule has 100 valence electrons. The molecule has 0 aromatic heterocycles. The van der Waals surface area contributed by atoms with Gasteiger partial charge in [-0.25, -0.2) is 4.79 Å². The number of carbonyl (C=O) groups is 2. The summed E-state index contributed by atoms with van der Waals surface area (Å²) in [7, 11) is 1.34. The fourth-order valence-electron chi connectivity index (χ4n) is 1.73. The van der Waals surface area contributed by atoms with Crippen LogP contribution in [-0.2, 0) is 14.3 Å². The molecule has 0 fully saturated rings. The molecule has 1 unspecified atom stereocenters. The molecule has 0 aliphatic heterocycles. The van der Waals surface area contributed by atoms with Crippen molar-refractivity contribution in [2.24, 2.45) is 5.92 Å². The Morgan fingerprint density at radius 1 is 1.35 bits per heavy atom. The van der Waals surface area contributed by atoms with Gasteiger partial charge in [-0.1, -0.05) is 27.2 Å². The molecule has 0 saturated carbocycles. The third-order valence-electron chi connectivity index (χ3n) is 2.75. The zero-order valence-electron chi connectivity index (χ0n) is 11.6. The Bertz CT molecular complexity index is 263. The lowest BCUT2D eigenvalue weighted by Gasteiger charge is -2.27. The van der Waals surface area contributed by atoms with Crippen LogP contribution in [0.5, 0.6) is 0 Å². The third-order valence-corrected chi connectivity index (χ3v) is 2.75. The highest BCUT2D eigenvalue weighted by Gasteiger charge is 2.34. The average molecular weight is 243 g/mol. The summed E-state index contributed by atoms with van der Waals surface area (Å²) >= 11 is 0. The number of carbonyl (C=O) groups excluding carboxylic acids is 2. The van der Waals surface area contributed by atoms with Gasteiger partial charge in [0, 0.05) is 6.42 Å². The monoisotopic (exact) mass is 243 g/mol. The topological polar surface area (TPSA) is 55.4 Å². The third kappa shape index (κ3) is 5.71. The van der Waals surface area contributed by atoms with E-state index < -0.39 is 5.54 Å². The molecule has 0 heterocycles. The Labute approximate surface area is 104 Å². The van der Waals surface area contributed by atoms with E-state index in [1.165, 1.54) is 7.11 Å². The van der Waals surface area contributed by atoms with E-state index in [9.17, 15) is 9.59 Å². The van der Waals surface area contributed by atoms with Gasteiger partial charge in [0.05, 0.1) is 7.11 Å². The molecule has 0 aliphatic rings. The van der Waals surface area contributed by atoms with Crippen molar-refractivity contribution in [2.75, 3.05) is 7.11 Å². The van der Waals surface area contributed by atoms with Gasteiger partial charge in [-0.3, -0.25) is 4.79 Å². The van der Waals surface area contributed by atoms with Crippen LogP contribution < -0.4 is 5.32 Å². The molecule has 0 bridgehead atoms. The van der Waals surface area contributed by atoms with Crippen LogP contribution in [0.4, 0.5) is 0 Å². The number of rotatable bonds is 7. The summed E-state index contributed by atoms with van der Waals surface area (Å²) in [5, 5.41) is 2.79. The molecule has 0 aromatic carbocycles. The molecule has 0 spiro atoms. The fraction of sp³-hybridized carbons (Fsp3) is 0.846. The first-order chi connectivity index (χ1) is 7.85. The van der Waals surface area contributed by atoms with Crippen LogP contribution >= 0.6 is 0 Å². The van der Waals surface area contributed by atoms with Crippen molar-refractivity contribution in [3.8, 4) is 0 Å². The lowest BCUT2D eigenvalue weighted by Crippen LogP contribution is -2.52. The fourth-order valence-corrected chi connectivity index (χ4v) is 1.73. The van der Waals surface area contributed by atoms with Gasteiger partial charge in [-0.15, -0.1) is 0 Å². The summed E-state index contributed by atoms with van der Waals surface area (Å²) < 4.78 is 4.74. The van der Waals surface area contributed by atoms with Gasteiger partial charge >= 0.3 is 5.97 Å². The second-order valence-electron chi connectivity index (χ2n) is 5.05. The standard InChI is InChI=1S/C13H25NO3/c1-6-9-13(4,12(16)17-5)14-11(15)8-7-10(2)3/h10H,6-9H2,1-5H3,(H,14,15). The van der Waals surface area contributed by atoms with Gasteiger partial charge in [0.25, 0.3) is 0 Å². The zero-order valence-corrected chi connectivity index (χ0v) is 11.6. The van der Waals surface area contributed by atoms with Gasteiger partial charge in [0.15, 0.2) is 0 Å². The second-order valence-corrected chi connectivity index (χ2v) is 5.05. The number of amides is 1. The van der Waals surface area contributed by atoms with E-state index in [1.807, 2.05) is 6.92 Å². The Balaban J connectivity index is 4.43. The first-order valence-electron chi connectivity index (χ1n) is 6.25. The molecule has 0 rings (SSSR count). The van der Waals surface area contributed by atoms with Crippen LogP contribution in [0.25, 0.3) is 0 Å². The van der Waals surface area contributed by atoms with Crippen molar-refractivity contribution in [2.45, 2.75) is 58.9 Å². The van der Waals surface area contributed by atoms with E-state index in [1.54, 1.807) is 6.92 Å². The van der Waals surface area contributed by atoms with E-state index in [-0.39, 0.29) is 11.9 Å². The van der Waals surface area contributed by atoms with Gasteiger partial charge in [0.1, 0.15) is 5.54 Å². The van der Waals surface area contributed by atoms with Crippen LogP contribution in [0.2, 0.25) is 0 Å². The van der Waals surface area contributed by atoms with Crippen molar-refractivity contribution in [1.82, 2.24) is 5.32 Å². The van der Waals surface area contributed by atoms with Crippen molar-refractivity contribution < 1.29 is 14.3 Å². The van der Waals surface area contributed by atoms with Crippen LogP contribution in [0.1, 0.15) is 53.4 Å². The van der Waals surface area contributed by atoms with Crippen molar-refractivity contribution >= 4 is 11.9 Å². The molecule has 0 radical (unpaired) electrons. The summed E-state index contributed by atoms with van der Waals surface area (Å²) in [4.78, 5) is 23.4. The predicted molar refractivity (Wildman–Crippen MR) is 67.5 cm³/mol. The van der Waals surface area contributed by atoms with E-state index in [2.05, 4.69) is 19.2 Å². The quantitative estimate of drug-likeness (QED) is 0.698. The lowest BCUT2D eigenvalue weighted by atomic mass is 9.95. The minimum absolute atomic E-state index is 0.0833. The summed E-state index contributed by atoms with van der Waals surface area (Å²) in [6.07, 6.45) is 2.69. The van der Waals surface area contributed by atoms with E-state index in [0.717, 1.165) is 12.8 Å². The largest absolute Gasteiger partial charge is 0.467 e. The SMILES string of the molecule is CCCC(C)(NC(=O)CCC(C)C)C(=O)OC. The summed E-state index contributed by atoms with van der Waals surface area (Å²) in [5.74, 6) is 0.0219. The van der Waals surface area contributed by atoms with Crippen molar-refractivity contribution in [3.05, 3.63) is 0 Å². The van der Waals surface area contributed by atoms with Gasteiger partial charge in [-0.05, 0) is 25.7 Å². The van der Waals surface area contributed by atoms with Crippen LogP contribution in [-0.4, -0.2) is 24.5 Å². The highest BCUT2D eigenvalue weighted by molar-refractivity contribution is 5.87. The molecule has 4 heteroatoms. The average Bonchev–Trinajstić information content (AvgIpc) is 2.25. The van der Waals surface area contributed by atoms with E-state index in [4.69, 9.17) is 4.74 Å². The first kappa shape index (κ1) is 15.9. The molecule has 0 aliphatic carbocycles. The van der Waals surface area contributed by atoms with Crippen LogP contribution in [0, 0.1) is 5.92 Å². The summed E-state index contributed by atoms with van der Waals surface area (Å²) in [5.41, 5.74) is -0.891. The predicted octanol–water partition coefficient (Wildman–Crippen LogP) is 2.27. The Morgan fingerprint density at radius 3 is 2.35 bits per heavy atom. The highest BCUT2D eigenvalue weighted by Crippen LogP contribution is 2.15. The molecule has 4 nitrogen and oxygen atoms in total. The molecule has 17 heavy (non-hydrogen) atoms. The molecule has 1 atom stereocenters. The summed E-state index contributed by atoms with van der Waals surface area (Å²) in [6, 6.07) is 0. The lowest BCUT2D eigenvalue weighted by molar-refractivity contribution is -0.150. The van der Waals surface area contributed by atoms with Crippen LogP contribution in [0.3, 0.4) is 0 Å². The highest BCUT2D eigenvalue weighted by atomic mass is 16.5. The Hall–Kier alpha value is -1.06. The molecule has 1 N–H and O–H groups in total. The number of ether oxygens (including phenoxy) is 1. The maximum atomic E-state index is 11.7. The number of hydrogen-bond acceptors (Lipinski definition) is 3. The number of nitrogens with one attached hydrogen (secondary N) is 1. The van der Waals surface area contributed by atoms with Gasteiger partial charge in [-0.2, -0.15) is 0 Å². The molecule has 0 saturated heterocycles. The number of methoxy groups -OCH3 is 1. The van der Waals surface area contributed by atoms with Crippen LogP contribution in [0.15, 0.2) is 0 Å². The molecular weight excluding hydrogens is 218 g/mol. The van der Waals surface area contributed by atoms with Crippen molar-refractivity contribution in [3.63, 3.8) is 0 Å². The number of esters is 1. The normalized spacial score (nSPS) is 14.2.